The van der Waals surface area contributed by atoms with Gasteiger partial charge < -0.3 is 4.57 Å². The van der Waals surface area contributed by atoms with E-state index in [1.54, 1.807) is 0 Å². The molecule has 6 nitrogen and oxygen atoms in total. The standard InChI is InChI=1S/C14H11FN2O4/c1-9-5-14(19)16(7-12(9)17(20)21)8-13(18)10-3-2-4-11(15)6-10/h2-7H,8H2,1H3. The largest absolute Gasteiger partial charge is 0.301 e. The van der Waals surface area contributed by atoms with Gasteiger partial charge >= 0.3 is 0 Å². The van der Waals surface area contributed by atoms with E-state index in [1.807, 2.05) is 0 Å². The molecule has 2 rings (SSSR count). The monoisotopic (exact) mass is 290 g/mol. The molecule has 1 aromatic carbocycles. The van der Waals surface area contributed by atoms with Gasteiger partial charge in [0, 0.05) is 17.2 Å². The lowest BCUT2D eigenvalue weighted by atomic mass is 10.1. The van der Waals surface area contributed by atoms with Crippen molar-refractivity contribution in [3.63, 3.8) is 0 Å². The van der Waals surface area contributed by atoms with Crippen molar-refractivity contribution in [1.82, 2.24) is 4.57 Å². The van der Waals surface area contributed by atoms with Crippen LogP contribution < -0.4 is 5.56 Å². The highest BCUT2D eigenvalue weighted by atomic mass is 19.1. The Morgan fingerprint density at radius 1 is 1.38 bits per heavy atom. The Morgan fingerprint density at radius 2 is 2.10 bits per heavy atom. The maximum Gasteiger partial charge on any atom is 0.288 e. The van der Waals surface area contributed by atoms with Crippen molar-refractivity contribution in [3.05, 3.63) is 73.9 Å². The van der Waals surface area contributed by atoms with Crippen LogP contribution in [0.2, 0.25) is 0 Å². The molecule has 0 bridgehead atoms. The zero-order chi connectivity index (χ0) is 15.6. The average molecular weight is 290 g/mol. The zero-order valence-corrected chi connectivity index (χ0v) is 11.1. The molecular weight excluding hydrogens is 279 g/mol. The summed E-state index contributed by atoms with van der Waals surface area (Å²) < 4.78 is 14.0. The van der Waals surface area contributed by atoms with Gasteiger partial charge in [0.25, 0.3) is 11.2 Å². The average Bonchev–Trinajstić information content (AvgIpc) is 2.41. The van der Waals surface area contributed by atoms with Gasteiger partial charge in [0.05, 0.1) is 17.7 Å². The number of ketones is 1. The number of benzene rings is 1. The Balaban J connectivity index is 2.35. The third kappa shape index (κ3) is 3.19. The molecule has 0 saturated carbocycles. The van der Waals surface area contributed by atoms with Crippen molar-refractivity contribution in [2.45, 2.75) is 13.5 Å². The lowest BCUT2D eigenvalue weighted by molar-refractivity contribution is -0.385. The number of halogens is 1. The van der Waals surface area contributed by atoms with Crippen LogP contribution in [0.25, 0.3) is 0 Å². The molecular formula is C14H11FN2O4. The number of Topliss-reactive ketones (excluding diaryl/α,β-unsaturated/α-hetero) is 1. The van der Waals surface area contributed by atoms with Crippen LogP contribution in [0.1, 0.15) is 15.9 Å². The number of aryl methyl sites for hydroxylation is 1. The normalized spacial score (nSPS) is 10.4. The number of rotatable bonds is 4. The Labute approximate surface area is 118 Å². The Kier molecular flexibility index (Phi) is 3.93. The summed E-state index contributed by atoms with van der Waals surface area (Å²) in [5.74, 6) is -1.07. The molecule has 0 N–H and O–H groups in total. The minimum absolute atomic E-state index is 0.102. The van der Waals surface area contributed by atoms with Crippen molar-refractivity contribution in [2.75, 3.05) is 0 Å². The summed E-state index contributed by atoms with van der Waals surface area (Å²) >= 11 is 0. The van der Waals surface area contributed by atoms with E-state index in [1.165, 1.54) is 25.1 Å². The van der Waals surface area contributed by atoms with Gasteiger partial charge in [0.1, 0.15) is 5.82 Å². The highest BCUT2D eigenvalue weighted by Crippen LogP contribution is 2.14. The van der Waals surface area contributed by atoms with Crippen LogP contribution in [0.15, 0.2) is 41.3 Å². The Morgan fingerprint density at radius 3 is 2.71 bits per heavy atom. The van der Waals surface area contributed by atoms with E-state index in [0.717, 1.165) is 22.9 Å². The predicted octanol–water partition coefficient (Wildman–Crippen LogP) is 2.09. The minimum atomic E-state index is -0.627. The molecule has 0 amide bonds. The van der Waals surface area contributed by atoms with E-state index < -0.39 is 22.1 Å². The number of pyridine rings is 1. The summed E-state index contributed by atoms with van der Waals surface area (Å²) in [6.07, 6.45) is 1.02. The lowest BCUT2D eigenvalue weighted by Gasteiger charge is -2.06. The molecule has 0 radical (unpaired) electrons. The minimum Gasteiger partial charge on any atom is -0.301 e. The van der Waals surface area contributed by atoms with Crippen LogP contribution in [0.3, 0.4) is 0 Å². The summed E-state index contributed by atoms with van der Waals surface area (Å²) in [7, 11) is 0. The highest BCUT2D eigenvalue weighted by Gasteiger charge is 2.15. The topological polar surface area (TPSA) is 82.2 Å². The van der Waals surface area contributed by atoms with Crippen LogP contribution in [0, 0.1) is 22.9 Å². The number of carbonyl (C=O) groups excluding carboxylic acids is 1. The van der Waals surface area contributed by atoms with Gasteiger partial charge in [-0.25, -0.2) is 4.39 Å². The van der Waals surface area contributed by atoms with Crippen molar-refractivity contribution in [3.8, 4) is 0 Å². The molecule has 108 valence electrons. The SMILES string of the molecule is Cc1cc(=O)n(CC(=O)c2cccc(F)c2)cc1[N+](=O)[O-]. The molecule has 0 unspecified atom stereocenters. The van der Waals surface area contributed by atoms with Crippen molar-refractivity contribution in [1.29, 1.82) is 0 Å². The van der Waals surface area contributed by atoms with Crippen LogP contribution in [-0.4, -0.2) is 15.3 Å². The maximum atomic E-state index is 13.1. The van der Waals surface area contributed by atoms with Gasteiger partial charge in [0.15, 0.2) is 5.78 Å². The molecule has 1 aromatic heterocycles. The number of nitro groups is 1. The first-order valence-electron chi connectivity index (χ1n) is 6.02. The third-order valence-electron chi connectivity index (χ3n) is 2.96. The number of hydrogen-bond donors (Lipinski definition) is 0. The molecule has 0 atom stereocenters. The molecule has 0 fully saturated rings. The second-order valence-electron chi connectivity index (χ2n) is 4.50. The fraction of sp³-hybridized carbons (Fsp3) is 0.143. The molecule has 0 aliphatic heterocycles. The van der Waals surface area contributed by atoms with Gasteiger partial charge in [-0.2, -0.15) is 0 Å². The fourth-order valence-corrected chi connectivity index (χ4v) is 1.88. The van der Waals surface area contributed by atoms with Crippen LogP contribution >= 0.6 is 0 Å². The Bertz CT molecular complexity index is 783. The predicted molar refractivity (Wildman–Crippen MR) is 72.8 cm³/mol. The Hall–Kier alpha value is -2.83. The van der Waals surface area contributed by atoms with Gasteiger partial charge in [-0.1, -0.05) is 12.1 Å². The number of aromatic nitrogens is 1. The van der Waals surface area contributed by atoms with Crippen molar-refractivity contribution >= 4 is 11.5 Å². The zero-order valence-electron chi connectivity index (χ0n) is 11.1. The molecule has 1 heterocycles. The molecule has 0 aliphatic carbocycles. The number of hydrogen-bond acceptors (Lipinski definition) is 4. The second kappa shape index (κ2) is 5.66. The molecule has 0 spiro atoms. The van der Waals surface area contributed by atoms with Crippen LogP contribution in [0.4, 0.5) is 10.1 Å². The molecule has 0 aliphatic rings. The van der Waals surface area contributed by atoms with Crippen molar-refractivity contribution in [2.24, 2.45) is 0 Å². The van der Waals surface area contributed by atoms with E-state index >= 15 is 0 Å². The quantitative estimate of drug-likeness (QED) is 0.490. The summed E-state index contributed by atoms with van der Waals surface area (Å²) in [6.45, 7) is 1.06. The molecule has 2 aromatic rings. The maximum absolute atomic E-state index is 13.1. The number of carbonyl (C=O) groups is 1. The summed E-state index contributed by atoms with van der Waals surface area (Å²) in [4.78, 5) is 34.0. The third-order valence-corrected chi connectivity index (χ3v) is 2.96. The first-order valence-corrected chi connectivity index (χ1v) is 6.02. The first-order chi connectivity index (χ1) is 9.88. The van der Waals surface area contributed by atoms with E-state index in [9.17, 15) is 24.1 Å². The molecule has 21 heavy (non-hydrogen) atoms. The molecule has 7 heteroatoms. The lowest BCUT2D eigenvalue weighted by Crippen LogP contribution is -2.24. The van der Waals surface area contributed by atoms with Gasteiger partial charge in [0.2, 0.25) is 0 Å². The van der Waals surface area contributed by atoms with E-state index in [-0.39, 0.29) is 23.4 Å². The van der Waals surface area contributed by atoms with E-state index in [0.29, 0.717) is 0 Å². The summed E-state index contributed by atoms with van der Waals surface area (Å²) in [6, 6.07) is 6.13. The van der Waals surface area contributed by atoms with Gasteiger partial charge in [-0.05, 0) is 19.1 Å². The summed E-state index contributed by atoms with van der Waals surface area (Å²) in [5.41, 5.74) is -0.450. The van der Waals surface area contributed by atoms with Crippen LogP contribution in [0.5, 0.6) is 0 Å². The van der Waals surface area contributed by atoms with Gasteiger partial charge in [-0.3, -0.25) is 19.7 Å². The van der Waals surface area contributed by atoms with Crippen molar-refractivity contribution < 1.29 is 14.1 Å². The summed E-state index contributed by atoms with van der Waals surface area (Å²) in [5, 5.41) is 10.8. The number of nitrogens with zero attached hydrogens (tertiary/aromatic N) is 2. The van der Waals surface area contributed by atoms with E-state index in [2.05, 4.69) is 0 Å². The highest BCUT2D eigenvalue weighted by molar-refractivity contribution is 5.95. The first kappa shape index (κ1) is 14.6. The fourth-order valence-electron chi connectivity index (χ4n) is 1.88. The molecule has 0 saturated heterocycles. The second-order valence-corrected chi connectivity index (χ2v) is 4.50. The van der Waals surface area contributed by atoms with E-state index in [4.69, 9.17) is 0 Å². The van der Waals surface area contributed by atoms with Gasteiger partial charge in [-0.15, -0.1) is 0 Å². The smallest absolute Gasteiger partial charge is 0.288 e. The van der Waals surface area contributed by atoms with Crippen LogP contribution in [-0.2, 0) is 6.54 Å².